The minimum atomic E-state index is -0.0518. The summed E-state index contributed by atoms with van der Waals surface area (Å²) in [4.78, 5) is 9.24. The first-order valence-electron chi connectivity index (χ1n) is 8.74. The van der Waals surface area contributed by atoms with Crippen LogP contribution in [0.3, 0.4) is 0 Å². The first kappa shape index (κ1) is 17.7. The van der Waals surface area contributed by atoms with E-state index in [9.17, 15) is 5.11 Å². The maximum absolute atomic E-state index is 10.2. The number of benzene rings is 2. The zero-order valence-corrected chi connectivity index (χ0v) is 15.8. The van der Waals surface area contributed by atoms with Crippen LogP contribution in [0.15, 0.2) is 54.7 Å². The molecule has 0 aliphatic carbocycles. The first-order valence-corrected chi connectivity index (χ1v) is 8.74. The van der Waals surface area contributed by atoms with Crippen molar-refractivity contribution in [1.29, 1.82) is 0 Å². The number of nitrogens with zero attached hydrogens (tertiary/aromatic N) is 3. The molecule has 0 fully saturated rings. The van der Waals surface area contributed by atoms with E-state index in [1.807, 2.05) is 53.9 Å². The molecule has 7 heteroatoms. The molecule has 0 bridgehead atoms. The third-order valence-electron chi connectivity index (χ3n) is 4.42. The average molecular weight is 376 g/mol. The molecule has 0 unspecified atom stereocenters. The largest absolute Gasteiger partial charge is 0.502 e. The number of aryl methyl sites for hydroxylation is 1. The Balaban J connectivity index is 1.95. The number of nitrogens with one attached hydrogen (secondary N) is 1. The van der Waals surface area contributed by atoms with Crippen LogP contribution in [0.25, 0.3) is 17.0 Å². The summed E-state index contributed by atoms with van der Waals surface area (Å²) < 4.78 is 12.5. The highest BCUT2D eigenvalue weighted by Gasteiger charge is 2.19. The maximum Gasteiger partial charge on any atom is 0.236 e. The number of phenols is 1. The van der Waals surface area contributed by atoms with Gasteiger partial charge in [0.1, 0.15) is 11.5 Å². The van der Waals surface area contributed by atoms with Crippen LogP contribution in [0.4, 0.5) is 11.5 Å². The Labute approximate surface area is 162 Å². The highest BCUT2D eigenvalue weighted by atomic mass is 16.5. The number of rotatable bonds is 5. The van der Waals surface area contributed by atoms with Crippen molar-refractivity contribution in [1.82, 2.24) is 14.4 Å². The van der Waals surface area contributed by atoms with Gasteiger partial charge in [0.05, 0.1) is 14.2 Å². The quantitative estimate of drug-likeness (QED) is 0.544. The molecule has 2 heterocycles. The molecule has 0 spiro atoms. The molecule has 28 heavy (non-hydrogen) atoms. The summed E-state index contributed by atoms with van der Waals surface area (Å²) in [5.74, 6) is 1.88. The summed E-state index contributed by atoms with van der Waals surface area (Å²) >= 11 is 0. The van der Waals surface area contributed by atoms with E-state index in [1.165, 1.54) is 14.2 Å². The third kappa shape index (κ3) is 3.07. The zero-order valence-electron chi connectivity index (χ0n) is 15.8. The van der Waals surface area contributed by atoms with E-state index in [0.29, 0.717) is 23.0 Å². The highest BCUT2D eigenvalue weighted by Crippen LogP contribution is 2.42. The van der Waals surface area contributed by atoms with Gasteiger partial charge >= 0.3 is 0 Å². The van der Waals surface area contributed by atoms with Gasteiger partial charge in [-0.15, -0.1) is 0 Å². The van der Waals surface area contributed by atoms with Crippen LogP contribution in [0, 0.1) is 6.92 Å². The second-order valence-electron chi connectivity index (χ2n) is 6.27. The molecule has 2 aromatic heterocycles. The van der Waals surface area contributed by atoms with Gasteiger partial charge in [-0.1, -0.05) is 18.2 Å². The number of hydrogen-bond acceptors (Lipinski definition) is 6. The van der Waals surface area contributed by atoms with E-state index in [1.54, 1.807) is 12.1 Å². The van der Waals surface area contributed by atoms with Gasteiger partial charge in [0, 0.05) is 23.1 Å². The number of aromatic nitrogens is 3. The number of methoxy groups -OCH3 is 2. The van der Waals surface area contributed by atoms with E-state index < -0.39 is 0 Å². The molecule has 0 aliphatic heterocycles. The Morgan fingerprint density at radius 3 is 2.29 bits per heavy atom. The van der Waals surface area contributed by atoms with Gasteiger partial charge in [-0.05, 0) is 37.3 Å². The Kier molecular flexibility index (Phi) is 4.49. The van der Waals surface area contributed by atoms with Gasteiger partial charge in [-0.25, -0.2) is 9.97 Å². The van der Waals surface area contributed by atoms with E-state index in [4.69, 9.17) is 14.5 Å². The summed E-state index contributed by atoms with van der Waals surface area (Å²) in [5, 5.41) is 13.7. The van der Waals surface area contributed by atoms with Crippen LogP contribution in [0.2, 0.25) is 0 Å². The number of ether oxygens (including phenoxy) is 2. The molecular formula is C21H20N4O3. The van der Waals surface area contributed by atoms with Gasteiger partial charge in [0.2, 0.25) is 11.5 Å². The molecule has 7 nitrogen and oxygen atoms in total. The summed E-state index contributed by atoms with van der Waals surface area (Å²) in [6.45, 7) is 1.92. The van der Waals surface area contributed by atoms with Crippen LogP contribution < -0.4 is 14.8 Å². The summed E-state index contributed by atoms with van der Waals surface area (Å²) in [5.41, 5.74) is 3.19. The third-order valence-corrected chi connectivity index (χ3v) is 4.42. The van der Waals surface area contributed by atoms with Crippen molar-refractivity contribution in [3.63, 3.8) is 0 Å². The standard InChI is InChI=1S/C21H20N4O3/c1-13-9-10-25-20(23-15-7-5-4-6-8-15)18(24-21(25)22-13)14-11-16(27-2)19(26)17(12-14)28-3/h4-12,23,26H,1-3H3. The van der Waals surface area contributed by atoms with Gasteiger partial charge in [0.25, 0.3) is 0 Å². The van der Waals surface area contributed by atoms with Crippen molar-refractivity contribution in [2.24, 2.45) is 0 Å². The molecule has 0 saturated carbocycles. The van der Waals surface area contributed by atoms with Gasteiger partial charge < -0.3 is 19.9 Å². The second-order valence-corrected chi connectivity index (χ2v) is 6.27. The number of phenolic OH excluding ortho intramolecular Hbond substituents is 1. The number of hydrogen-bond donors (Lipinski definition) is 2. The Morgan fingerprint density at radius 1 is 0.964 bits per heavy atom. The zero-order chi connectivity index (χ0) is 19.7. The molecule has 4 aromatic rings. The molecule has 0 radical (unpaired) electrons. The summed E-state index contributed by atoms with van der Waals surface area (Å²) in [6, 6.07) is 15.2. The van der Waals surface area contributed by atoms with Gasteiger partial charge in [-0.3, -0.25) is 4.40 Å². The molecule has 0 saturated heterocycles. The van der Waals surface area contributed by atoms with Crippen molar-refractivity contribution in [2.75, 3.05) is 19.5 Å². The normalized spacial score (nSPS) is 10.8. The predicted octanol–water partition coefficient (Wildman–Crippen LogP) is 4.17. The summed E-state index contributed by atoms with van der Waals surface area (Å²) in [7, 11) is 2.99. The lowest BCUT2D eigenvalue weighted by Gasteiger charge is -2.12. The molecule has 0 atom stereocenters. The molecule has 0 amide bonds. The Hall–Kier alpha value is -3.74. The van der Waals surface area contributed by atoms with Crippen molar-refractivity contribution < 1.29 is 14.6 Å². The van der Waals surface area contributed by atoms with Crippen LogP contribution in [-0.2, 0) is 0 Å². The minimum Gasteiger partial charge on any atom is -0.502 e. The van der Waals surface area contributed by atoms with Crippen LogP contribution in [0.1, 0.15) is 5.69 Å². The lowest BCUT2D eigenvalue weighted by Crippen LogP contribution is -1.98. The van der Waals surface area contributed by atoms with Crippen molar-refractivity contribution in [3.05, 3.63) is 60.4 Å². The molecule has 2 N–H and O–H groups in total. The average Bonchev–Trinajstić information content (AvgIpc) is 3.06. The van der Waals surface area contributed by atoms with Crippen molar-refractivity contribution in [3.8, 4) is 28.5 Å². The minimum absolute atomic E-state index is 0.0518. The Bertz CT molecular complexity index is 1110. The van der Waals surface area contributed by atoms with E-state index >= 15 is 0 Å². The fourth-order valence-electron chi connectivity index (χ4n) is 3.03. The molecular weight excluding hydrogens is 356 g/mol. The highest BCUT2D eigenvalue weighted by molar-refractivity contribution is 5.81. The number of fused-ring (bicyclic) bond motifs is 1. The van der Waals surface area contributed by atoms with Crippen LogP contribution in [-0.4, -0.2) is 33.7 Å². The molecule has 4 rings (SSSR count). The molecule has 0 aliphatic rings. The Morgan fingerprint density at radius 2 is 1.64 bits per heavy atom. The van der Waals surface area contributed by atoms with E-state index in [-0.39, 0.29) is 5.75 Å². The second kappa shape index (κ2) is 7.11. The van der Waals surface area contributed by atoms with E-state index in [0.717, 1.165) is 22.8 Å². The number of aromatic hydroxyl groups is 1. The van der Waals surface area contributed by atoms with Gasteiger partial charge in [0.15, 0.2) is 11.5 Å². The fraction of sp³-hybridized carbons (Fsp3) is 0.143. The fourth-order valence-corrected chi connectivity index (χ4v) is 3.03. The van der Waals surface area contributed by atoms with Crippen LogP contribution >= 0.6 is 0 Å². The maximum atomic E-state index is 10.2. The lowest BCUT2D eigenvalue weighted by atomic mass is 10.1. The predicted molar refractivity (Wildman–Crippen MR) is 108 cm³/mol. The molecule has 142 valence electrons. The van der Waals surface area contributed by atoms with Crippen molar-refractivity contribution >= 4 is 17.3 Å². The van der Waals surface area contributed by atoms with Crippen LogP contribution in [0.5, 0.6) is 17.2 Å². The first-order chi connectivity index (χ1) is 13.6. The topological polar surface area (TPSA) is 80.9 Å². The van der Waals surface area contributed by atoms with E-state index in [2.05, 4.69) is 10.3 Å². The monoisotopic (exact) mass is 376 g/mol. The lowest BCUT2D eigenvalue weighted by molar-refractivity contribution is 0.340. The smallest absolute Gasteiger partial charge is 0.236 e. The van der Waals surface area contributed by atoms with Gasteiger partial charge in [-0.2, -0.15) is 0 Å². The SMILES string of the molecule is COc1cc(-c2nc3nc(C)ccn3c2Nc2ccccc2)cc(OC)c1O. The van der Waals surface area contributed by atoms with Crippen molar-refractivity contribution in [2.45, 2.75) is 6.92 Å². The number of para-hydroxylation sites is 1. The number of anilines is 2. The summed E-state index contributed by atoms with van der Waals surface area (Å²) in [6.07, 6.45) is 1.92. The number of imidazole rings is 1. The molecule has 2 aromatic carbocycles.